The molecule has 0 spiro atoms. The number of hydrogen-bond donors (Lipinski definition) is 0. The molecule has 100 valence electrons. The van der Waals surface area contributed by atoms with Gasteiger partial charge >= 0.3 is 0 Å². The molecule has 0 bridgehead atoms. The number of alkyl halides is 1. The van der Waals surface area contributed by atoms with Crippen LogP contribution in [0.15, 0.2) is 36.4 Å². The van der Waals surface area contributed by atoms with E-state index < -0.39 is 0 Å². The van der Waals surface area contributed by atoms with Crippen LogP contribution < -0.4 is 4.74 Å². The lowest BCUT2D eigenvalue weighted by Crippen LogP contribution is -2.00. The molecule has 0 saturated carbocycles. The number of hydrogen-bond acceptors (Lipinski definition) is 1. The molecular formula is C15H13BrF2O. The van der Waals surface area contributed by atoms with Crippen molar-refractivity contribution in [1.82, 2.24) is 0 Å². The highest BCUT2D eigenvalue weighted by molar-refractivity contribution is 9.08. The van der Waals surface area contributed by atoms with Crippen LogP contribution in [-0.2, 0) is 11.9 Å². The highest BCUT2D eigenvalue weighted by Gasteiger charge is 2.06. The average Bonchev–Trinajstić information content (AvgIpc) is 2.39. The first-order chi connectivity index (χ1) is 9.10. The molecule has 0 aliphatic heterocycles. The van der Waals surface area contributed by atoms with E-state index >= 15 is 0 Å². The Labute approximate surface area is 119 Å². The van der Waals surface area contributed by atoms with E-state index in [1.807, 2.05) is 6.92 Å². The summed E-state index contributed by atoms with van der Waals surface area (Å²) in [5.41, 5.74) is 2.49. The Kier molecular flexibility index (Phi) is 4.53. The molecule has 0 fully saturated rings. The Balaban J connectivity index is 2.14. The summed E-state index contributed by atoms with van der Waals surface area (Å²) < 4.78 is 31.7. The zero-order valence-corrected chi connectivity index (χ0v) is 12.0. The van der Waals surface area contributed by atoms with Gasteiger partial charge < -0.3 is 4.74 Å². The van der Waals surface area contributed by atoms with Crippen molar-refractivity contribution in [2.45, 2.75) is 18.9 Å². The Morgan fingerprint density at radius 3 is 2.37 bits per heavy atom. The van der Waals surface area contributed by atoms with Crippen LogP contribution in [0.1, 0.15) is 16.7 Å². The summed E-state index contributed by atoms with van der Waals surface area (Å²) in [6.07, 6.45) is 0. The standard InChI is InChI=1S/C15H13BrF2O/c1-10-6-13(17)3-2-11(10)9-19-15-5-4-14(18)7-12(15)8-16/h2-7H,8-9H2,1H3. The molecule has 0 amide bonds. The molecule has 1 nitrogen and oxygen atoms in total. The van der Waals surface area contributed by atoms with Crippen LogP contribution in [0.5, 0.6) is 5.75 Å². The first-order valence-corrected chi connectivity index (χ1v) is 6.94. The summed E-state index contributed by atoms with van der Waals surface area (Å²) >= 11 is 3.30. The van der Waals surface area contributed by atoms with Crippen LogP contribution in [0.25, 0.3) is 0 Å². The summed E-state index contributed by atoms with van der Waals surface area (Å²) in [5, 5.41) is 0.516. The second kappa shape index (κ2) is 6.15. The fourth-order valence-electron chi connectivity index (χ4n) is 1.77. The largest absolute Gasteiger partial charge is 0.489 e. The van der Waals surface area contributed by atoms with Gasteiger partial charge in [-0.15, -0.1) is 0 Å². The second-order valence-electron chi connectivity index (χ2n) is 4.25. The van der Waals surface area contributed by atoms with Gasteiger partial charge in [-0.05, 0) is 48.4 Å². The molecule has 0 aliphatic rings. The van der Waals surface area contributed by atoms with Crippen molar-refractivity contribution in [3.63, 3.8) is 0 Å². The van der Waals surface area contributed by atoms with E-state index in [1.54, 1.807) is 12.1 Å². The van der Waals surface area contributed by atoms with E-state index in [0.29, 0.717) is 17.7 Å². The Hall–Kier alpha value is -1.42. The summed E-state index contributed by atoms with van der Waals surface area (Å²) in [4.78, 5) is 0. The van der Waals surface area contributed by atoms with Crippen molar-refractivity contribution < 1.29 is 13.5 Å². The minimum absolute atomic E-state index is 0.260. The van der Waals surface area contributed by atoms with Crippen molar-refractivity contribution >= 4 is 15.9 Å². The highest BCUT2D eigenvalue weighted by atomic mass is 79.9. The molecular weight excluding hydrogens is 314 g/mol. The molecule has 19 heavy (non-hydrogen) atoms. The number of ether oxygens (including phenoxy) is 1. The average molecular weight is 327 g/mol. The third-order valence-electron chi connectivity index (χ3n) is 2.85. The number of benzene rings is 2. The minimum atomic E-state index is -0.292. The van der Waals surface area contributed by atoms with E-state index in [1.165, 1.54) is 24.3 Å². The monoisotopic (exact) mass is 326 g/mol. The van der Waals surface area contributed by atoms with E-state index in [0.717, 1.165) is 16.7 Å². The lowest BCUT2D eigenvalue weighted by atomic mass is 10.1. The molecule has 0 radical (unpaired) electrons. The topological polar surface area (TPSA) is 9.23 Å². The van der Waals surface area contributed by atoms with Crippen LogP contribution in [-0.4, -0.2) is 0 Å². The lowest BCUT2D eigenvalue weighted by Gasteiger charge is -2.11. The quantitative estimate of drug-likeness (QED) is 0.737. The van der Waals surface area contributed by atoms with Crippen molar-refractivity contribution in [3.8, 4) is 5.75 Å². The van der Waals surface area contributed by atoms with Gasteiger partial charge in [0.05, 0.1) is 0 Å². The van der Waals surface area contributed by atoms with E-state index in [-0.39, 0.29) is 11.6 Å². The molecule has 0 N–H and O–H groups in total. The third-order valence-corrected chi connectivity index (χ3v) is 3.46. The van der Waals surface area contributed by atoms with Gasteiger partial charge in [0, 0.05) is 10.9 Å². The van der Waals surface area contributed by atoms with Gasteiger partial charge in [0.15, 0.2) is 0 Å². The summed E-state index contributed by atoms with van der Waals surface area (Å²) in [6, 6.07) is 8.96. The first kappa shape index (κ1) is 14.0. The SMILES string of the molecule is Cc1cc(F)ccc1COc1ccc(F)cc1CBr. The van der Waals surface area contributed by atoms with Crippen LogP contribution in [0.2, 0.25) is 0 Å². The Morgan fingerprint density at radius 1 is 1.00 bits per heavy atom. The minimum Gasteiger partial charge on any atom is -0.489 e. The number of halogens is 3. The van der Waals surface area contributed by atoms with Gasteiger partial charge in [-0.25, -0.2) is 8.78 Å². The Bertz CT molecular complexity index is 584. The van der Waals surface area contributed by atoms with E-state index in [2.05, 4.69) is 15.9 Å². The van der Waals surface area contributed by atoms with E-state index in [9.17, 15) is 8.78 Å². The fourth-order valence-corrected chi connectivity index (χ4v) is 2.21. The molecule has 2 rings (SSSR count). The maximum absolute atomic E-state index is 13.1. The molecule has 0 saturated heterocycles. The van der Waals surface area contributed by atoms with Gasteiger partial charge in [-0.2, -0.15) is 0 Å². The lowest BCUT2D eigenvalue weighted by molar-refractivity contribution is 0.302. The summed E-state index contributed by atoms with van der Waals surface area (Å²) in [6.45, 7) is 2.16. The smallest absolute Gasteiger partial charge is 0.124 e. The molecule has 0 atom stereocenters. The molecule has 0 aliphatic carbocycles. The van der Waals surface area contributed by atoms with Crippen molar-refractivity contribution in [2.24, 2.45) is 0 Å². The highest BCUT2D eigenvalue weighted by Crippen LogP contribution is 2.23. The Morgan fingerprint density at radius 2 is 1.68 bits per heavy atom. The maximum Gasteiger partial charge on any atom is 0.124 e. The van der Waals surface area contributed by atoms with Crippen LogP contribution in [0.3, 0.4) is 0 Å². The second-order valence-corrected chi connectivity index (χ2v) is 4.81. The molecule has 2 aromatic carbocycles. The van der Waals surface area contributed by atoms with Gasteiger partial charge in [-0.1, -0.05) is 22.0 Å². The van der Waals surface area contributed by atoms with Crippen LogP contribution in [0, 0.1) is 18.6 Å². The van der Waals surface area contributed by atoms with Crippen molar-refractivity contribution in [2.75, 3.05) is 0 Å². The van der Waals surface area contributed by atoms with Gasteiger partial charge in [0.2, 0.25) is 0 Å². The van der Waals surface area contributed by atoms with Gasteiger partial charge in [-0.3, -0.25) is 0 Å². The first-order valence-electron chi connectivity index (χ1n) is 5.82. The fraction of sp³-hybridized carbons (Fsp3) is 0.200. The normalized spacial score (nSPS) is 10.5. The predicted octanol–water partition coefficient (Wildman–Crippen LogP) is 4.75. The molecule has 0 unspecified atom stereocenters. The van der Waals surface area contributed by atoms with Crippen molar-refractivity contribution in [1.29, 1.82) is 0 Å². The zero-order chi connectivity index (χ0) is 13.8. The molecule has 0 heterocycles. The number of aryl methyl sites for hydroxylation is 1. The van der Waals surface area contributed by atoms with E-state index in [4.69, 9.17) is 4.74 Å². The molecule has 4 heteroatoms. The number of rotatable bonds is 4. The van der Waals surface area contributed by atoms with Crippen molar-refractivity contribution in [3.05, 3.63) is 64.7 Å². The summed E-state index contributed by atoms with van der Waals surface area (Å²) in [7, 11) is 0. The van der Waals surface area contributed by atoms with Crippen LogP contribution >= 0.6 is 15.9 Å². The predicted molar refractivity (Wildman–Crippen MR) is 74.5 cm³/mol. The molecule has 2 aromatic rings. The maximum atomic E-state index is 13.1. The summed E-state index contributed by atoms with van der Waals surface area (Å²) in [5.74, 6) is 0.0749. The third kappa shape index (κ3) is 3.53. The van der Waals surface area contributed by atoms with Gasteiger partial charge in [0.1, 0.15) is 24.0 Å². The van der Waals surface area contributed by atoms with Gasteiger partial charge in [0.25, 0.3) is 0 Å². The molecule has 0 aromatic heterocycles. The zero-order valence-electron chi connectivity index (χ0n) is 10.4. The van der Waals surface area contributed by atoms with Crippen LogP contribution in [0.4, 0.5) is 8.78 Å².